The lowest BCUT2D eigenvalue weighted by Gasteiger charge is -2.33. The number of halogens is 3. The highest BCUT2D eigenvalue weighted by Gasteiger charge is 2.20. The first kappa shape index (κ1) is 22.3. The van der Waals surface area contributed by atoms with Crippen molar-refractivity contribution in [1.82, 2.24) is 15.6 Å². The van der Waals surface area contributed by atoms with Crippen LogP contribution in [0.25, 0.3) is 0 Å². The van der Waals surface area contributed by atoms with Crippen LogP contribution < -0.4 is 15.5 Å². The Morgan fingerprint density at radius 3 is 2.64 bits per heavy atom. The van der Waals surface area contributed by atoms with Crippen LogP contribution >= 0.6 is 24.0 Å². The van der Waals surface area contributed by atoms with Crippen molar-refractivity contribution in [3.05, 3.63) is 59.8 Å². The molecule has 0 unspecified atom stereocenters. The fourth-order valence-electron chi connectivity index (χ4n) is 3.24. The summed E-state index contributed by atoms with van der Waals surface area (Å²) in [6.45, 7) is 2.34. The summed E-state index contributed by atoms with van der Waals surface area (Å²) in [4.78, 5) is 10.9. The maximum Gasteiger partial charge on any atom is 0.191 e. The molecule has 2 N–H and O–H groups in total. The summed E-state index contributed by atoms with van der Waals surface area (Å²) in [5.41, 5.74) is 0.363. The first-order valence-electron chi connectivity index (χ1n) is 9.23. The Kier molecular flexibility index (Phi) is 8.88. The van der Waals surface area contributed by atoms with Crippen molar-refractivity contribution in [3.63, 3.8) is 0 Å². The Labute approximate surface area is 181 Å². The van der Waals surface area contributed by atoms with Gasteiger partial charge in [-0.1, -0.05) is 18.2 Å². The molecule has 0 amide bonds. The predicted molar refractivity (Wildman–Crippen MR) is 119 cm³/mol. The van der Waals surface area contributed by atoms with Gasteiger partial charge in [-0.25, -0.2) is 13.8 Å². The van der Waals surface area contributed by atoms with Crippen molar-refractivity contribution in [1.29, 1.82) is 0 Å². The summed E-state index contributed by atoms with van der Waals surface area (Å²) in [5, 5.41) is 6.59. The van der Waals surface area contributed by atoms with Gasteiger partial charge in [0, 0.05) is 38.9 Å². The van der Waals surface area contributed by atoms with Crippen molar-refractivity contribution in [2.45, 2.75) is 25.3 Å². The molecule has 0 saturated carbocycles. The van der Waals surface area contributed by atoms with E-state index in [-0.39, 0.29) is 24.0 Å². The smallest absolute Gasteiger partial charge is 0.191 e. The maximum atomic E-state index is 13.7. The molecule has 5 nitrogen and oxygen atoms in total. The molecule has 2 heterocycles. The molecule has 8 heteroatoms. The normalized spacial score (nSPS) is 15.1. The minimum absolute atomic E-state index is 0. The second-order valence-electron chi connectivity index (χ2n) is 6.56. The Hall–Kier alpha value is -1.97. The van der Waals surface area contributed by atoms with E-state index in [0.29, 0.717) is 30.5 Å². The molecule has 1 fully saturated rings. The molecular weight excluding hydrogens is 475 g/mol. The molecule has 3 rings (SSSR count). The molecule has 0 spiro atoms. The SMILES string of the molecule is CN=C(NCCc1cccc(F)c1F)NC1CCN(c2ccccn2)CC1.I. The lowest BCUT2D eigenvalue weighted by Crippen LogP contribution is -2.49. The lowest BCUT2D eigenvalue weighted by molar-refractivity contribution is 0.459. The number of pyridine rings is 1. The number of piperidine rings is 1. The van der Waals surface area contributed by atoms with Gasteiger partial charge in [0.1, 0.15) is 5.82 Å². The van der Waals surface area contributed by atoms with E-state index >= 15 is 0 Å². The van der Waals surface area contributed by atoms with Gasteiger partial charge in [0.15, 0.2) is 17.6 Å². The van der Waals surface area contributed by atoms with Gasteiger partial charge in [-0.3, -0.25) is 4.99 Å². The van der Waals surface area contributed by atoms with Gasteiger partial charge >= 0.3 is 0 Å². The molecule has 0 atom stereocenters. The quantitative estimate of drug-likeness (QED) is 0.375. The van der Waals surface area contributed by atoms with Gasteiger partial charge in [0.2, 0.25) is 0 Å². The first-order valence-corrected chi connectivity index (χ1v) is 9.23. The average molecular weight is 501 g/mol. The van der Waals surface area contributed by atoms with Crippen LogP contribution in [0.5, 0.6) is 0 Å². The first-order chi connectivity index (χ1) is 13.2. The maximum absolute atomic E-state index is 13.7. The summed E-state index contributed by atoms with van der Waals surface area (Å²) in [6.07, 6.45) is 4.17. The van der Waals surface area contributed by atoms with Crippen molar-refractivity contribution in [2.24, 2.45) is 4.99 Å². The molecule has 28 heavy (non-hydrogen) atoms. The van der Waals surface area contributed by atoms with E-state index in [1.54, 1.807) is 13.1 Å². The average Bonchev–Trinajstić information content (AvgIpc) is 2.71. The van der Waals surface area contributed by atoms with Crippen LogP contribution in [0.4, 0.5) is 14.6 Å². The molecule has 1 aromatic heterocycles. The number of hydrogen-bond acceptors (Lipinski definition) is 3. The number of anilines is 1. The van der Waals surface area contributed by atoms with E-state index in [0.717, 1.165) is 37.8 Å². The van der Waals surface area contributed by atoms with Crippen LogP contribution in [0.2, 0.25) is 0 Å². The van der Waals surface area contributed by atoms with E-state index in [1.165, 1.54) is 6.07 Å². The molecule has 1 aliphatic rings. The standard InChI is InChI=1S/C20H25F2N5.HI/c1-23-20(25-12-8-15-5-4-6-17(21)19(15)22)26-16-9-13-27(14-10-16)18-7-2-3-11-24-18;/h2-7,11,16H,8-10,12-14H2,1H3,(H2,23,25,26);1H. The second-order valence-corrected chi connectivity index (χ2v) is 6.56. The minimum Gasteiger partial charge on any atom is -0.356 e. The topological polar surface area (TPSA) is 52.6 Å². The van der Waals surface area contributed by atoms with Crippen molar-refractivity contribution in [2.75, 3.05) is 31.6 Å². The number of nitrogens with one attached hydrogen (secondary N) is 2. The van der Waals surface area contributed by atoms with Crippen molar-refractivity contribution in [3.8, 4) is 0 Å². The molecule has 152 valence electrons. The fraction of sp³-hybridized carbons (Fsp3) is 0.400. The third-order valence-electron chi connectivity index (χ3n) is 4.75. The van der Waals surface area contributed by atoms with Crippen molar-refractivity contribution >= 4 is 35.8 Å². The summed E-state index contributed by atoms with van der Waals surface area (Å²) in [7, 11) is 1.71. The monoisotopic (exact) mass is 501 g/mol. The number of aliphatic imine (C=N–C) groups is 1. The van der Waals surface area contributed by atoms with Gasteiger partial charge in [-0.05, 0) is 43.0 Å². The van der Waals surface area contributed by atoms with Crippen molar-refractivity contribution < 1.29 is 8.78 Å². The van der Waals surface area contributed by atoms with Crippen LogP contribution in [0, 0.1) is 11.6 Å². The molecule has 0 aliphatic carbocycles. The Morgan fingerprint density at radius 1 is 1.18 bits per heavy atom. The number of guanidine groups is 1. The second kappa shape index (κ2) is 11.1. The Bertz CT molecular complexity index is 764. The molecule has 1 aromatic carbocycles. The molecule has 0 radical (unpaired) electrons. The lowest BCUT2D eigenvalue weighted by atomic mass is 10.1. The number of hydrogen-bond donors (Lipinski definition) is 2. The number of aromatic nitrogens is 1. The zero-order valence-corrected chi connectivity index (χ0v) is 18.2. The largest absolute Gasteiger partial charge is 0.356 e. The van der Waals surface area contributed by atoms with Crippen LogP contribution in [0.15, 0.2) is 47.6 Å². The van der Waals surface area contributed by atoms with Crippen LogP contribution in [-0.2, 0) is 6.42 Å². The van der Waals surface area contributed by atoms with Crippen LogP contribution in [0.1, 0.15) is 18.4 Å². The summed E-state index contributed by atoms with van der Waals surface area (Å²) >= 11 is 0. The zero-order chi connectivity index (χ0) is 19.1. The summed E-state index contributed by atoms with van der Waals surface area (Å²) < 4.78 is 27.0. The van der Waals surface area contributed by atoms with E-state index in [1.807, 2.05) is 24.4 Å². The van der Waals surface area contributed by atoms with Gasteiger partial charge < -0.3 is 15.5 Å². The number of benzene rings is 1. The Morgan fingerprint density at radius 2 is 1.96 bits per heavy atom. The zero-order valence-electron chi connectivity index (χ0n) is 15.9. The third kappa shape index (κ3) is 6.02. The third-order valence-corrected chi connectivity index (χ3v) is 4.75. The highest BCUT2D eigenvalue weighted by atomic mass is 127. The van der Waals surface area contributed by atoms with Crippen LogP contribution in [-0.4, -0.2) is 43.7 Å². The fourth-order valence-corrected chi connectivity index (χ4v) is 3.24. The predicted octanol–water partition coefficient (Wildman–Crippen LogP) is 3.35. The van der Waals surface area contributed by atoms with Gasteiger partial charge in [0.05, 0.1) is 0 Å². The van der Waals surface area contributed by atoms with Gasteiger partial charge in [0.25, 0.3) is 0 Å². The molecule has 1 aliphatic heterocycles. The molecular formula is C20H26F2IN5. The van der Waals surface area contributed by atoms with E-state index < -0.39 is 11.6 Å². The van der Waals surface area contributed by atoms with Crippen LogP contribution in [0.3, 0.4) is 0 Å². The minimum atomic E-state index is -0.810. The molecule has 2 aromatic rings. The highest BCUT2D eigenvalue weighted by molar-refractivity contribution is 14.0. The van der Waals surface area contributed by atoms with Gasteiger partial charge in [-0.2, -0.15) is 0 Å². The van der Waals surface area contributed by atoms with E-state index in [2.05, 4.69) is 25.5 Å². The van der Waals surface area contributed by atoms with E-state index in [4.69, 9.17) is 0 Å². The number of rotatable bonds is 5. The summed E-state index contributed by atoms with van der Waals surface area (Å²) in [5.74, 6) is 0.109. The van der Waals surface area contributed by atoms with Gasteiger partial charge in [-0.15, -0.1) is 24.0 Å². The molecule has 0 bridgehead atoms. The Balaban J connectivity index is 0.00000280. The highest BCUT2D eigenvalue weighted by Crippen LogP contribution is 2.17. The number of nitrogens with zero attached hydrogens (tertiary/aromatic N) is 3. The van der Waals surface area contributed by atoms with E-state index in [9.17, 15) is 8.78 Å². The summed E-state index contributed by atoms with van der Waals surface area (Å²) in [6, 6.07) is 10.5. The molecule has 1 saturated heterocycles.